The third-order valence-electron chi connectivity index (χ3n) is 1.71. The van der Waals surface area contributed by atoms with Gasteiger partial charge in [0.05, 0.1) is 6.67 Å². The average Bonchev–Trinajstić information content (AvgIpc) is 2.48. The summed E-state index contributed by atoms with van der Waals surface area (Å²) in [5.74, 6) is 0.0500. The second-order valence-corrected chi connectivity index (χ2v) is 2.74. The van der Waals surface area contributed by atoms with Crippen LogP contribution in [0.25, 0.3) is 0 Å². The first kappa shape index (κ1) is 8.97. The van der Waals surface area contributed by atoms with E-state index < -0.39 is 0 Å². The number of hydrogen-bond donors (Lipinski definition) is 0. The minimum Gasteiger partial charge on any atom is -0.353 e. The van der Waals surface area contributed by atoms with Gasteiger partial charge in [0.25, 0.3) is 0 Å². The van der Waals surface area contributed by atoms with E-state index in [9.17, 15) is 9.18 Å². The van der Waals surface area contributed by atoms with Crippen LogP contribution in [-0.2, 0) is 6.54 Å². The number of carbonyl (C=O) groups excluding carboxylic acids is 1. The highest BCUT2D eigenvalue weighted by atomic mass is 19.1. The SMILES string of the molecule is CC(=O)c1ccn(CCCF)c1. The number of alkyl halides is 1. The minimum atomic E-state index is -0.312. The highest BCUT2D eigenvalue weighted by molar-refractivity contribution is 5.93. The molecule has 1 aromatic rings. The van der Waals surface area contributed by atoms with Crippen molar-refractivity contribution in [1.82, 2.24) is 4.57 Å². The maximum absolute atomic E-state index is 11.8. The van der Waals surface area contributed by atoms with Crippen LogP contribution in [0.2, 0.25) is 0 Å². The van der Waals surface area contributed by atoms with Crippen LogP contribution in [0.3, 0.4) is 0 Å². The monoisotopic (exact) mass is 169 g/mol. The fourth-order valence-electron chi connectivity index (χ4n) is 1.03. The number of hydrogen-bond acceptors (Lipinski definition) is 1. The molecular weight excluding hydrogens is 157 g/mol. The van der Waals surface area contributed by atoms with Gasteiger partial charge in [-0.2, -0.15) is 0 Å². The molecule has 0 radical (unpaired) electrons. The molecule has 1 heterocycles. The fourth-order valence-corrected chi connectivity index (χ4v) is 1.03. The molecule has 0 N–H and O–H groups in total. The number of nitrogens with zero attached hydrogens (tertiary/aromatic N) is 1. The smallest absolute Gasteiger partial charge is 0.161 e. The Kier molecular flexibility index (Phi) is 3.02. The van der Waals surface area contributed by atoms with Gasteiger partial charge in [-0.05, 0) is 19.4 Å². The molecule has 0 saturated carbocycles. The summed E-state index contributed by atoms with van der Waals surface area (Å²) >= 11 is 0. The van der Waals surface area contributed by atoms with Crippen LogP contribution in [0.4, 0.5) is 4.39 Å². The Labute approximate surface area is 71.0 Å². The van der Waals surface area contributed by atoms with Crippen molar-refractivity contribution in [3.8, 4) is 0 Å². The highest BCUT2D eigenvalue weighted by Gasteiger charge is 2.00. The standard InChI is InChI=1S/C9H12FNO/c1-8(12)9-3-6-11(7-9)5-2-4-10/h3,6-7H,2,4-5H2,1H3. The molecule has 0 atom stereocenters. The summed E-state index contributed by atoms with van der Waals surface area (Å²) in [4.78, 5) is 10.8. The van der Waals surface area contributed by atoms with E-state index in [-0.39, 0.29) is 12.5 Å². The second-order valence-electron chi connectivity index (χ2n) is 2.74. The molecule has 2 nitrogen and oxygen atoms in total. The van der Waals surface area contributed by atoms with Gasteiger partial charge in [-0.3, -0.25) is 9.18 Å². The first-order valence-corrected chi connectivity index (χ1v) is 3.96. The Morgan fingerprint density at radius 3 is 2.92 bits per heavy atom. The maximum atomic E-state index is 11.8. The largest absolute Gasteiger partial charge is 0.353 e. The molecule has 0 aliphatic carbocycles. The molecule has 0 amide bonds. The van der Waals surface area contributed by atoms with Crippen LogP contribution in [0.15, 0.2) is 18.5 Å². The Bertz CT molecular complexity index is 267. The molecule has 0 fully saturated rings. The number of halogens is 1. The number of aryl methyl sites for hydroxylation is 1. The lowest BCUT2D eigenvalue weighted by atomic mass is 10.2. The quantitative estimate of drug-likeness (QED) is 0.632. The number of Topliss-reactive ketones (excluding diaryl/α,β-unsaturated/α-hetero) is 1. The van der Waals surface area contributed by atoms with E-state index in [0.717, 1.165) is 0 Å². The zero-order valence-electron chi connectivity index (χ0n) is 7.09. The number of ketones is 1. The predicted octanol–water partition coefficient (Wildman–Crippen LogP) is 2.05. The van der Waals surface area contributed by atoms with Gasteiger partial charge in [-0.1, -0.05) is 0 Å². The molecule has 1 rings (SSSR count). The summed E-state index contributed by atoms with van der Waals surface area (Å²) in [6.07, 6.45) is 4.05. The van der Waals surface area contributed by atoms with E-state index in [1.807, 2.05) is 4.57 Å². The summed E-state index contributed by atoms with van der Waals surface area (Å²) in [7, 11) is 0. The van der Waals surface area contributed by atoms with E-state index >= 15 is 0 Å². The van der Waals surface area contributed by atoms with Crippen LogP contribution in [0.5, 0.6) is 0 Å². The van der Waals surface area contributed by atoms with Crippen molar-refractivity contribution in [1.29, 1.82) is 0 Å². The lowest BCUT2D eigenvalue weighted by molar-refractivity contribution is 0.101. The molecule has 0 unspecified atom stereocenters. The Hall–Kier alpha value is -1.12. The average molecular weight is 169 g/mol. The summed E-state index contributed by atoms with van der Waals surface area (Å²) in [6, 6.07) is 1.75. The molecule has 3 heteroatoms. The lowest BCUT2D eigenvalue weighted by Crippen LogP contribution is -1.95. The van der Waals surface area contributed by atoms with E-state index in [4.69, 9.17) is 0 Å². The van der Waals surface area contributed by atoms with Crippen LogP contribution < -0.4 is 0 Å². The predicted molar refractivity (Wildman–Crippen MR) is 45.0 cm³/mol. The van der Waals surface area contributed by atoms with Crippen LogP contribution >= 0.6 is 0 Å². The van der Waals surface area contributed by atoms with Crippen LogP contribution in [-0.4, -0.2) is 17.0 Å². The summed E-state index contributed by atoms with van der Waals surface area (Å²) in [5.41, 5.74) is 0.689. The Morgan fingerprint density at radius 2 is 2.42 bits per heavy atom. The van der Waals surface area contributed by atoms with E-state index in [1.165, 1.54) is 6.92 Å². The number of carbonyl (C=O) groups is 1. The van der Waals surface area contributed by atoms with Crippen molar-refractivity contribution in [2.24, 2.45) is 0 Å². The first-order valence-electron chi connectivity index (χ1n) is 3.96. The topological polar surface area (TPSA) is 22.0 Å². The normalized spacial score (nSPS) is 10.2. The molecule has 12 heavy (non-hydrogen) atoms. The zero-order chi connectivity index (χ0) is 8.97. The van der Waals surface area contributed by atoms with Gasteiger partial charge in [0.15, 0.2) is 5.78 Å². The molecule has 66 valence electrons. The highest BCUT2D eigenvalue weighted by Crippen LogP contribution is 2.02. The summed E-state index contributed by atoms with van der Waals surface area (Å²) in [5, 5.41) is 0. The lowest BCUT2D eigenvalue weighted by Gasteiger charge is -1.97. The summed E-state index contributed by atoms with van der Waals surface area (Å²) in [6.45, 7) is 1.85. The van der Waals surface area contributed by atoms with Gasteiger partial charge in [0.2, 0.25) is 0 Å². The maximum Gasteiger partial charge on any atom is 0.161 e. The molecular formula is C9H12FNO. The van der Waals surface area contributed by atoms with Gasteiger partial charge < -0.3 is 4.57 Å². The van der Waals surface area contributed by atoms with Crippen LogP contribution in [0.1, 0.15) is 23.7 Å². The summed E-state index contributed by atoms with van der Waals surface area (Å²) < 4.78 is 13.6. The van der Waals surface area contributed by atoms with Gasteiger partial charge in [0.1, 0.15) is 0 Å². The molecule has 0 aromatic carbocycles. The van der Waals surface area contributed by atoms with Gasteiger partial charge in [-0.15, -0.1) is 0 Å². The van der Waals surface area contributed by atoms with Gasteiger partial charge in [0, 0.05) is 24.5 Å². The molecule has 0 aliphatic rings. The molecule has 0 aliphatic heterocycles. The van der Waals surface area contributed by atoms with Crippen molar-refractivity contribution in [3.63, 3.8) is 0 Å². The van der Waals surface area contributed by atoms with Crippen molar-refractivity contribution in [2.45, 2.75) is 19.9 Å². The fraction of sp³-hybridized carbons (Fsp3) is 0.444. The number of aromatic nitrogens is 1. The third-order valence-corrected chi connectivity index (χ3v) is 1.71. The minimum absolute atomic E-state index is 0.0500. The Morgan fingerprint density at radius 1 is 1.67 bits per heavy atom. The molecule has 1 aromatic heterocycles. The van der Waals surface area contributed by atoms with Crippen molar-refractivity contribution in [2.75, 3.05) is 6.67 Å². The van der Waals surface area contributed by atoms with E-state index in [1.54, 1.807) is 18.5 Å². The van der Waals surface area contributed by atoms with Gasteiger partial charge >= 0.3 is 0 Å². The van der Waals surface area contributed by atoms with E-state index in [0.29, 0.717) is 18.5 Å². The third kappa shape index (κ3) is 2.19. The van der Waals surface area contributed by atoms with Gasteiger partial charge in [-0.25, -0.2) is 0 Å². The van der Waals surface area contributed by atoms with Crippen LogP contribution in [0, 0.1) is 0 Å². The number of rotatable bonds is 4. The second kappa shape index (κ2) is 4.04. The van der Waals surface area contributed by atoms with Crippen molar-refractivity contribution < 1.29 is 9.18 Å². The molecule has 0 bridgehead atoms. The van der Waals surface area contributed by atoms with E-state index in [2.05, 4.69) is 0 Å². The molecule has 0 spiro atoms. The Balaban J connectivity index is 2.58. The zero-order valence-corrected chi connectivity index (χ0v) is 7.09. The molecule has 0 saturated heterocycles. The van der Waals surface area contributed by atoms with Crippen molar-refractivity contribution >= 4 is 5.78 Å². The first-order chi connectivity index (χ1) is 5.74. The van der Waals surface area contributed by atoms with Crippen molar-refractivity contribution in [3.05, 3.63) is 24.0 Å².